The second-order valence-electron chi connectivity index (χ2n) is 12.0. The van der Waals surface area contributed by atoms with Crippen LogP contribution >= 0.6 is 0 Å². The van der Waals surface area contributed by atoms with Gasteiger partial charge in [0, 0.05) is 31.7 Å². The quantitative estimate of drug-likeness (QED) is 0.598. The Bertz CT molecular complexity index is 978. The van der Waals surface area contributed by atoms with E-state index in [9.17, 15) is 5.26 Å². The van der Waals surface area contributed by atoms with Crippen molar-refractivity contribution in [1.82, 2.24) is 9.80 Å². The lowest BCUT2D eigenvalue weighted by atomic mass is 9.93. The third-order valence-corrected chi connectivity index (χ3v) is 12.9. The summed E-state index contributed by atoms with van der Waals surface area (Å²) in [5.41, 5.74) is -0.653. The summed E-state index contributed by atoms with van der Waals surface area (Å²) < 4.78 is 13.5. The average Bonchev–Trinajstić information content (AvgIpc) is 3.26. The van der Waals surface area contributed by atoms with E-state index in [0.29, 0.717) is 13.2 Å². The van der Waals surface area contributed by atoms with Crippen molar-refractivity contribution in [3.8, 4) is 6.07 Å². The van der Waals surface area contributed by atoms with Crippen molar-refractivity contribution in [2.75, 3.05) is 39.4 Å². The summed E-state index contributed by atoms with van der Waals surface area (Å²) in [5.74, 6) is 0. The lowest BCUT2D eigenvalue weighted by Crippen LogP contribution is -2.71. The Morgan fingerprint density at radius 1 is 0.886 bits per heavy atom. The van der Waals surface area contributed by atoms with Crippen molar-refractivity contribution in [1.29, 1.82) is 5.26 Å². The zero-order valence-corrected chi connectivity index (χ0v) is 23.3. The Labute approximate surface area is 212 Å². The van der Waals surface area contributed by atoms with Gasteiger partial charge in [-0.3, -0.25) is 9.80 Å². The molecule has 0 bridgehead atoms. The first-order valence-electron chi connectivity index (χ1n) is 12.8. The van der Waals surface area contributed by atoms with Crippen LogP contribution in [0.5, 0.6) is 0 Å². The summed E-state index contributed by atoms with van der Waals surface area (Å²) in [5, 5.41) is 13.0. The summed E-state index contributed by atoms with van der Waals surface area (Å²) in [6.07, 6.45) is -0.319. The Morgan fingerprint density at radius 2 is 1.40 bits per heavy atom. The standard InChI is InChI=1S/C29H41N3O2Si/c1-27(2,3)31-17-19-32(20-18-31)29(22-30)23-33-21-26(29)34-35(28(4,5)6,24-13-9-7-10-14-24)25-15-11-8-12-16-25/h7-16,26H,17-21,23H2,1-6H3. The molecule has 35 heavy (non-hydrogen) atoms. The smallest absolute Gasteiger partial charge is 0.261 e. The van der Waals surface area contributed by atoms with E-state index in [1.807, 2.05) is 0 Å². The van der Waals surface area contributed by atoms with Gasteiger partial charge >= 0.3 is 0 Å². The second-order valence-corrected chi connectivity index (χ2v) is 16.2. The average molecular weight is 492 g/mol. The summed E-state index contributed by atoms with van der Waals surface area (Å²) in [6.45, 7) is 18.0. The van der Waals surface area contributed by atoms with Crippen LogP contribution in [-0.4, -0.2) is 74.7 Å². The number of nitriles is 1. The summed E-state index contributed by atoms with van der Waals surface area (Å²) in [7, 11) is -2.79. The Balaban J connectivity index is 1.75. The van der Waals surface area contributed by atoms with Crippen LogP contribution < -0.4 is 10.4 Å². The molecule has 4 rings (SSSR count). The van der Waals surface area contributed by atoms with Crippen LogP contribution in [0, 0.1) is 11.3 Å². The molecule has 0 N–H and O–H groups in total. The van der Waals surface area contributed by atoms with Gasteiger partial charge in [-0.25, -0.2) is 0 Å². The maximum atomic E-state index is 10.7. The molecule has 0 saturated carbocycles. The number of hydrogen-bond donors (Lipinski definition) is 0. The highest BCUT2D eigenvalue weighted by atomic mass is 28.4. The molecule has 2 aromatic carbocycles. The minimum Gasteiger partial charge on any atom is -0.399 e. The van der Waals surface area contributed by atoms with Gasteiger partial charge in [-0.2, -0.15) is 5.26 Å². The Hall–Kier alpha value is -2.01. The molecule has 0 aromatic heterocycles. The molecule has 2 saturated heterocycles. The molecule has 2 fully saturated rings. The second kappa shape index (κ2) is 9.80. The highest BCUT2D eigenvalue weighted by molar-refractivity contribution is 6.99. The number of ether oxygens (including phenoxy) is 1. The number of rotatable bonds is 5. The molecule has 0 radical (unpaired) electrons. The fraction of sp³-hybridized carbons (Fsp3) is 0.552. The predicted octanol–water partition coefficient (Wildman–Crippen LogP) is 3.64. The fourth-order valence-corrected chi connectivity index (χ4v) is 10.5. The first kappa shape index (κ1) is 26.1. The third-order valence-electron chi connectivity index (χ3n) is 7.85. The molecule has 0 amide bonds. The van der Waals surface area contributed by atoms with Gasteiger partial charge in [0.15, 0.2) is 5.54 Å². The van der Waals surface area contributed by atoms with Crippen LogP contribution in [-0.2, 0) is 9.16 Å². The van der Waals surface area contributed by atoms with E-state index in [1.165, 1.54) is 10.4 Å². The first-order chi connectivity index (χ1) is 16.5. The lowest BCUT2D eigenvalue weighted by Gasteiger charge is -2.50. The van der Waals surface area contributed by atoms with Crippen LogP contribution in [0.1, 0.15) is 41.5 Å². The van der Waals surface area contributed by atoms with Gasteiger partial charge in [0.1, 0.15) is 6.10 Å². The van der Waals surface area contributed by atoms with Crippen molar-refractivity contribution in [2.24, 2.45) is 0 Å². The fourth-order valence-electron chi connectivity index (χ4n) is 5.83. The molecule has 2 unspecified atom stereocenters. The summed E-state index contributed by atoms with van der Waals surface area (Å²) in [4.78, 5) is 4.84. The van der Waals surface area contributed by atoms with Crippen LogP contribution in [0.3, 0.4) is 0 Å². The molecule has 2 aromatic rings. The van der Waals surface area contributed by atoms with Gasteiger partial charge in [-0.15, -0.1) is 0 Å². The van der Waals surface area contributed by atoms with Crippen LogP contribution in [0.4, 0.5) is 0 Å². The highest BCUT2D eigenvalue weighted by Crippen LogP contribution is 2.41. The normalized spacial score (nSPS) is 24.9. The van der Waals surface area contributed by atoms with Crippen LogP contribution in [0.25, 0.3) is 0 Å². The molecule has 0 aliphatic carbocycles. The zero-order valence-electron chi connectivity index (χ0n) is 22.3. The maximum absolute atomic E-state index is 10.7. The van der Waals surface area contributed by atoms with E-state index in [4.69, 9.17) is 9.16 Å². The monoisotopic (exact) mass is 491 g/mol. The number of benzene rings is 2. The molecule has 188 valence electrons. The Kier molecular flexibility index (Phi) is 7.30. The molecule has 0 spiro atoms. The molecule has 6 heteroatoms. The van der Waals surface area contributed by atoms with Gasteiger partial charge in [-0.05, 0) is 36.2 Å². The van der Waals surface area contributed by atoms with Crippen molar-refractivity contribution < 1.29 is 9.16 Å². The summed E-state index contributed by atoms with van der Waals surface area (Å²) >= 11 is 0. The SMILES string of the molecule is CC(C)(C)N1CCN(C2(C#N)COCC2O[Si](c2ccccc2)(c2ccccc2)C(C)(C)C)CC1. The predicted molar refractivity (Wildman–Crippen MR) is 145 cm³/mol. The lowest BCUT2D eigenvalue weighted by molar-refractivity contribution is -0.0106. The van der Waals surface area contributed by atoms with Crippen molar-refractivity contribution >= 4 is 18.7 Å². The van der Waals surface area contributed by atoms with Crippen molar-refractivity contribution in [3.05, 3.63) is 60.7 Å². The topological polar surface area (TPSA) is 48.7 Å². The third kappa shape index (κ3) is 4.73. The van der Waals surface area contributed by atoms with E-state index in [0.717, 1.165) is 26.2 Å². The van der Waals surface area contributed by atoms with Crippen LogP contribution in [0.2, 0.25) is 5.04 Å². The minimum atomic E-state index is -2.79. The molecular weight excluding hydrogens is 450 g/mol. The highest BCUT2D eigenvalue weighted by Gasteiger charge is 2.58. The largest absolute Gasteiger partial charge is 0.399 e. The van der Waals surface area contributed by atoms with E-state index in [1.54, 1.807) is 0 Å². The van der Waals surface area contributed by atoms with E-state index >= 15 is 0 Å². The van der Waals surface area contributed by atoms with E-state index < -0.39 is 13.9 Å². The molecule has 5 nitrogen and oxygen atoms in total. The maximum Gasteiger partial charge on any atom is 0.261 e. The number of piperazine rings is 1. The molecular formula is C29H41N3O2Si. The van der Waals surface area contributed by atoms with Gasteiger partial charge in [0.2, 0.25) is 0 Å². The molecule has 2 heterocycles. The van der Waals surface area contributed by atoms with E-state index in [2.05, 4.69) is 118 Å². The zero-order chi connectivity index (χ0) is 25.3. The van der Waals surface area contributed by atoms with Crippen molar-refractivity contribution in [2.45, 2.75) is 63.8 Å². The number of nitrogens with zero attached hydrogens (tertiary/aromatic N) is 3. The van der Waals surface area contributed by atoms with Crippen LogP contribution in [0.15, 0.2) is 60.7 Å². The number of hydrogen-bond acceptors (Lipinski definition) is 5. The Morgan fingerprint density at radius 3 is 1.83 bits per heavy atom. The van der Waals surface area contributed by atoms with Gasteiger partial charge in [0.05, 0.1) is 19.3 Å². The van der Waals surface area contributed by atoms with Gasteiger partial charge in [-0.1, -0.05) is 81.4 Å². The summed E-state index contributed by atoms with van der Waals surface area (Å²) in [6, 6.07) is 24.0. The molecule has 2 aliphatic rings. The van der Waals surface area contributed by atoms with Gasteiger partial charge < -0.3 is 9.16 Å². The molecule has 2 atom stereocenters. The van der Waals surface area contributed by atoms with Gasteiger partial charge in [0.25, 0.3) is 8.32 Å². The van der Waals surface area contributed by atoms with E-state index in [-0.39, 0.29) is 16.7 Å². The minimum absolute atomic E-state index is 0.128. The molecule has 2 aliphatic heterocycles. The first-order valence-corrected chi connectivity index (χ1v) is 14.7. The van der Waals surface area contributed by atoms with Crippen molar-refractivity contribution in [3.63, 3.8) is 0 Å².